The molecule has 1 fully saturated rings. The van der Waals surface area contributed by atoms with Crippen LogP contribution in [-0.4, -0.2) is 5.97 Å². The average molecular weight is 289 g/mol. The minimum Gasteiger partial charge on any atom is -0.292 e. The Kier molecular flexibility index (Phi) is 5.40. The first-order valence-corrected chi connectivity index (χ1v) is 7.78. The molecule has 0 N–H and O–H groups in total. The van der Waals surface area contributed by atoms with Crippen molar-refractivity contribution in [2.24, 2.45) is 17.8 Å². The number of hydrogen-bond donors (Lipinski definition) is 0. The zero-order valence-electron chi connectivity index (χ0n) is 13.4. The molecule has 1 radical (unpaired) electrons. The molecule has 3 nitrogen and oxygen atoms in total. The van der Waals surface area contributed by atoms with E-state index in [4.69, 9.17) is 9.78 Å². The van der Waals surface area contributed by atoms with Crippen LogP contribution in [0.25, 0.3) is 0 Å². The predicted molar refractivity (Wildman–Crippen MR) is 82.3 cm³/mol. The van der Waals surface area contributed by atoms with Crippen molar-refractivity contribution in [2.45, 2.75) is 47.0 Å². The Bertz CT molecular complexity index is 464. The van der Waals surface area contributed by atoms with E-state index in [2.05, 4.69) is 20.8 Å². The summed E-state index contributed by atoms with van der Waals surface area (Å²) >= 11 is 0. The van der Waals surface area contributed by atoms with E-state index in [1.807, 2.05) is 19.1 Å². The summed E-state index contributed by atoms with van der Waals surface area (Å²) in [6.07, 6.45) is 4.12. The molecule has 1 aromatic rings. The summed E-state index contributed by atoms with van der Waals surface area (Å²) in [6, 6.07) is 7.30. The first-order valence-electron chi connectivity index (χ1n) is 7.78. The summed E-state index contributed by atoms with van der Waals surface area (Å²) in [7, 11) is 0. The second-order valence-corrected chi connectivity index (χ2v) is 6.52. The molecular weight excluding hydrogens is 264 g/mol. The molecule has 3 heteroatoms. The summed E-state index contributed by atoms with van der Waals surface area (Å²) in [5, 5.41) is 0. The van der Waals surface area contributed by atoms with Crippen LogP contribution in [0.2, 0.25) is 0 Å². The van der Waals surface area contributed by atoms with Gasteiger partial charge in [0, 0.05) is 0 Å². The number of aryl methyl sites for hydroxylation is 1. The maximum Gasteiger partial charge on any atom is 0.373 e. The van der Waals surface area contributed by atoms with Crippen LogP contribution >= 0.6 is 0 Å². The third-order valence-corrected chi connectivity index (χ3v) is 4.25. The smallest absolute Gasteiger partial charge is 0.292 e. The molecule has 115 valence electrons. The molecule has 2 unspecified atom stereocenters. The van der Waals surface area contributed by atoms with Crippen molar-refractivity contribution in [3.63, 3.8) is 0 Å². The fourth-order valence-electron chi connectivity index (χ4n) is 2.85. The maximum atomic E-state index is 12.0. The normalized spacial score (nSPS) is 23.3. The van der Waals surface area contributed by atoms with Crippen LogP contribution in [0.5, 0.6) is 0 Å². The van der Waals surface area contributed by atoms with Crippen molar-refractivity contribution >= 4 is 5.97 Å². The van der Waals surface area contributed by atoms with Crippen LogP contribution < -0.4 is 0 Å². The van der Waals surface area contributed by atoms with E-state index in [0.29, 0.717) is 23.3 Å². The molecule has 21 heavy (non-hydrogen) atoms. The fourth-order valence-corrected chi connectivity index (χ4v) is 2.85. The SMILES string of the molecule is Cc1ccc(C(=O)OO[C]2CC(C)CCC2C(C)C)cc1. The third kappa shape index (κ3) is 4.31. The number of carbonyl (C=O) groups is 1. The van der Waals surface area contributed by atoms with Crippen molar-refractivity contribution in [1.29, 1.82) is 0 Å². The van der Waals surface area contributed by atoms with Gasteiger partial charge >= 0.3 is 5.97 Å². The first kappa shape index (κ1) is 16.0. The standard InChI is InChI=1S/C18H25O3/c1-12(2)16-10-7-14(4)11-17(16)20-21-18(19)15-8-5-13(3)6-9-15/h5-6,8-9,12,14,16H,7,10-11H2,1-4H3. The van der Waals surface area contributed by atoms with Gasteiger partial charge in [-0.1, -0.05) is 44.9 Å². The van der Waals surface area contributed by atoms with E-state index in [-0.39, 0.29) is 0 Å². The molecule has 0 amide bonds. The van der Waals surface area contributed by atoms with Gasteiger partial charge in [0.15, 0.2) is 6.10 Å². The molecule has 1 aromatic carbocycles. The highest BCUT2D eigenvalue weighted by Gasteiger charge is 2.34. The van der Waals surface area contributed by atoms with Crippen LogP contribution in [0, 0.1) is 30.8 Å². The van der Waals surface area contributed by atoms with Crippen LogP contribution in [0.15, 0.2) is 24.3 Å². The lowest BCUT2D eigenvalue weighted by atomic mass is 9.75. The molecule has 0 heterocycles. The Morgan fingerprint density at radius 2 is 1.86 bits per heavy atom. The van der Waals surface area contributed by atoms with E-state index < -0.39 is 5.97 Å². The Morgan fingerprint density at radius 1 is 1.19 bits per heavy atom. The summed E-state index contributed by atoms with van der Waals surface area (Å²) < 4.78 is 0. The lowest BCUT2D eigenvalue weighted by Crippen LogP contribution is -2.28. The molecule has 0 aliphatic heterocycles. The van der Waals surface area contributed by atoms with Gasteiger partial charge in [-0.05, 0) is 49.7 Å². The summed E-state index contributed by atoms with van der Waals surface area (Å²) in [4.78, 5) is 22.5. The molecule has 0 saturated heterocycles. The van der Waals surface area contributed by atoms with Crippen molar-refractivity contribution in [3.05, 3.63) is 41.5 Å². The summed E-state index contributed by atoms with van der Waals surface area (Å²) in [5.74, 6) is 1.05. The molecule has 2 atom stereocenters. The molecule has 0 spiro atoms. The van der Waals surface area contributed by atoms with Crippen LogP contribution in [0.1, 0.15) is 56.0 Å². The second kappa shape index (κ2) is 7.08. The summed E-state index contributed by atoms with van der Waals surface area (Å²) in [6.45, 7) is 8.57. The molecule has 0 bridgehead atoms. The number of rotatable bonds is 4. The Morgan fingerprint density at radius 3 is 2.48 bits per heavy atom. The van der Waals surface area contributed by atoms with Gasteiger partial charge in [0.2, 0.25) is 0 Å². The molecular formula is C18H25O3. The molecule has 2 rings (SSSR count). The quantitative estimate of drug-likeness (QED) is 0.595. The van der Waals surface area contributed by atoms with Gasteiger partial charge in [0.05, 0.1) is 5.56 Å². The lowest BCUT2D eigenvalue weighted by Gasteiger charge is -2.34. The fraction of sp³-hybridized carbons (Fsp3) is 0.556. The van der Waals surface area contributed by atoms with Crippen molar-refractivity contribution in [1.82, 2.24) is 0 Å². The number of hydrogen-bond acceptors (Lipinski definition) is 3. The van der Waals surface area contributed by atoms with E-state index in [1.165, 1.54) is 6.42 Å². The minimum atomic E-state index is -0.428. The molecule has 1 aliphatic rings. The van der Waals surface area contributed by atoms with Gasteiger partial charge < -0.3 is 0 Å². The molecule has 1 saturated carbocycles. The van der Waals surface area contributed by atoms with Crippen molar-refractivity contribution in [3.8, 4) is 0 Å². The Labute approximate surface area is 127 Å². The van der Waals surface area contributed by atoms with E-state index >= 15 is 0 Å². The number of carbonyl (C=O) groups excluding carboxylic acids is 1. The monoisotopic (exact) mass is 289 g/mol. The maximum absolute atomic E-state index is 12.0. The largest absolute Gasteiger partial charge is 0.373 e. The minimum absolute atomic E-state index is 0.381. The molecule has 0 aromatic heterocycles. The van der Waals surface area contributed by atoms with E-state index in [9.17, 15) is 4.79 Å². The van der Waals surface area contributed by atoms with Crippen LogP contribution in [-0.2, 0) is 9.78 Å². The van der Waals surface area contributed by atoms with Gasteiger partial charge in [-0.15, -0.1) is 0 Å². The van der Waals surface area contributed by atoms with E-state index in [1.54, 1.807) is 12.1 Å². The summed E-state index contributed by atoms with van der Waals surface area (Å²) in [5.41, 5.74) is 1.63. The highest BCUT2D eigenvalue weighted by atomic mass is 17.2. The number of benzene rings is 1. The third-order valence-electron chi connectivity index (χ3n) is 4.25. The van der Waals surface area contributed by atoms with Gasteiger partial charge in [0.25, 0.3) is 0 Å². The van der Waals surface area contributed by atoms with Gasteiger partial charge in [0.1, 0.15) is 0 Å². The van der Waals surface area contributed by atoms with Gasteiger partial charge in [-0.2, -0.15) is 4.89 Å². The molecule has 1 aliphatic carbocycles. The Hall–Kier alpha value is -1.35. The average Bonchev–Trinajstić information content (AvgIpc) is 2.45. The zero-order valence-corrected chi connectivity index (χ0v) is 13.4. The lowest BCUT2D eigenvalue weighted by molar-refractivity contribution is -0.251. The zero-order chi connectivity index (χ0) is 15.4. The van der Waals surface area contributed by atoms with Gasteiger partial charge in [-0.3, -0.25) is 4.89 Å². The van der Waals surface area contributed by atoms with Crippen molar-refractivity contribution < 1.29 is 14.6 Å². The second-order valence-electron chi connectivity index (χ2n) is 6.52. The highest BCUT2D eigenvalue weighted by molar-refractivity contribution is 5.88. The topological polar surface area (TPSA) is 35.5 Å². The van der Waals surface area contributed by atoms with Crippen LogP contribution in [0.3, 0.4) is 0 Å². The Balaban J connectivity index is 1.93. The van der Waals surface area contributed by atoms with Crippen LogP contribution in [0.4, 0.5) is 0 Å². The predicted octanol–water partition coefficient (Wildman–Crippen LogP) is 4.71. The highest BCUT2D eigenvalue weighted by Crippen LogP contribution is 2.40. The van der Waals surface area contributed by atoms with E-state index in [0.717, 1.165) is 24.5 Å². The van der Waals surface area contributed by atoms with Gasteiger partial charge in [-0.25, -0.2) is 4.79 Å². The first-order chi connectivity index (χ1) is 9.97. The van der Waals surface area contributed by atoms with Crippen molar-refractivity contribution in [2.75, 3.05) is 0 Å².